The molecule has 0 unspecified atom stereocenters. The van der Waals surface area contributed by atoms with Gasteiger partial charge in [0.2, 0.25) is 0 Å². The molecule has 22 heavy (non-hydrogen) atoms. The van der Waals surface area contributed by atoms with Crippen LogP contribution in [0.15, 0.2) is 12.1 Å². The Morgan fingerprint density at radius 1 is 0.636 bits per heavy atom. The van der Waals surface area contributed by atoms with E-state index in [9.17, 15) is 0 Å². The predicted molar refractivity (Wildman–Crippen MR) is 90.1 cm³/mol. The van der Waals surface area contributed by atoms with Crippen LogP contribution in [0.3, 0.4) is 0 Å². The smallest absolute Gasteiger partial charge is 0.134 e. The number of anilines is 2. The second-order valence-electron chi connectivity index (χ2n) is 8.44. The Morgan fingerprint density at radius 2 is 1.00 bits per heavy atom. The molecular formula is C18H28N2O2. The zero-order chi connectivity index (χ0) is 16.6. The van der Waals surface area contributed by atoms with Gasteiger partial charge in [0.05, 0.1) is 11.2 Å². The summed E-state index contributed by atoms with van der Waals surface area (Å²) in [5, 5.41) is 6.99. The summed E-state index contributed by atoms with van der Waals surface area (Å²) in [7, 11) is 0. The quantitative estimate of drug-likeness (QED) is 0.740. The van der Waals surface area contributed by atoms with E-state index in [1.165, 1.54) is 11.1 Å². The van der Waals surface area contributed by atoms with E-state index < -0.39 is 0 Å². The van der Waals surface area contributed by atoms with Crippen LogP contribution in [-0.4, -0.2) is 11.4 Å². The Labute approximate surface area is 133 Å². The first-order valence-corrected chi connectivity index (χ1v) is 7.97. The van der Waals surface area contributed by atoms with Gasteiger partial charge in [-0.3, -0.25) is 0 Å². The zero-order valence-electron chi connectivity index (χ0n) is 15.0. The minimum absolute atomic E-state index is 0.345. The first-order chi connectivity index (χ1) is 9.81. The summed E-state index contributed by atoms with van der Waals surface area (Å²) in [6.07, 6.45) is 0. The molecule has 2 N–H and O–H groups in total. The van der Waals surface area contributed by atoms with Crippen molar-refractivity contribution in [3.05, 3.63) is 23.3 Å². The maximum Gasteiger partial charge on any atom is 0.134 e. The molecule has 4 nitrogen and oxygen atoms in total. The van der Waals surface area contributed by atoms with E-state index in [1.54, 1.807) is 0 Å². The lowest BCUT2D eigenvalue weighted by molar-refractivity contribution is -0.123. The molecule has 122 valence electrons. The Kier molecular flexibility index (Phi) is 2.97. The number of nitrogens with one attached hydrogen (secondary N) is 2. The molecule has 0 aromatic heterocycles. The second-order valence-corrected chi connectivity index (χ2v) is 8.44. The number of rotatable bonds is 0. The van der Waals surface area contributed by atoms with Gasteiger partial charge in [-0.2, -0.15) is 0 Å². The summed E-state index contributed by atoms with van der Waals surface area (Å²) in [6.45, 7) is 16.7. The summed E-state index contributed by atoms with van der Waals surface area (Å²) in [5.41, 5.74) is 3.13. The van der Waals surface area contributed by atoms with Gasteiger partial charge >= 0.3 is 0 Å². The van der Waals surface area contributed by atoms with Crippen LogP contribution in [0.5, 0.6) is 0 Å². The third-order valence-corrected chi connectivity index (χ3v) is 4.35. The summed E-state index contributed by atoms with van der Waals surface area (Å²) in [5.74, 6) is 0. The molecule has 3 rings (SSSR count). The first-order valence-electron chi connectivity index (χ1n) is 7.97. The third-order valence-electron chi connectivity index (χ3n) is 4.35. The molecule has 0 saturated heterocycles. The van der Waals surface area contributed by atoms with Crippen molar-refractivity contribution in [1.29, 1.82) is 0 Å². The van der Waals surface area contributed by atoms with Gasteiger partial charge in [0.25, 0.3) is 0 Å². The molecule has 0 fully saturated rings. The van der Waals surface area contributed by atoms with Crippen molar-refractivity contribution in [2.45, 2.75) is 78.0 Å². The van der Waals surface area contributed by atoms with Crippen molar-refractivity contribution in [2.24, 2.45) is 0 Å². The molecular weight excluding hydrogens is 276 g/mol. The molecule has 1 aromatic rings. The first kappa shape index (κ1) is 15.6. The van der Waals surface area contributed by atoms with Crippen LogP contribution >= 0.6 is 0 Å². The minimum Gasteiger partial charge on any atom is -0.358 e. The molecule has 0 spiro atoms. The van der Waals surface area contributed by atoms with Crippen molar-refractivity contribution < 1.29 is 9.47 Å². The van der Waals surface area contributed by atoms with Crippen LogP contribution in [0, 0.1) is 0 Å². The molecule has 0 saturated carbocycles. The SMILES string of the molecule is CC1(C)Nc2cc3c(cc2C(C)(C)O1)C(C)(C)OC(C)(C)N3. The van der Waals surface area contributed by atoms with Gasteiger partial charge in [-0.05, 0) is 67.5 Å². The van der Waals surface area contributed by atoms with Crippen LogP contribution < -0.4 is 10.6 Å². The largest absolute Gasteiger partial charge is 0.358 e. The van der Waals surface area contributed by atoms with Crippen LogP contribution in [0.25, 0.3) is 0 Å². The molecule has 0 atom stereocenters. The van der Waals surface area contributed by atoms with Gasteiger partial charge < -0.3 is 20.1 Å². The molecule has 2 heterocycles. The van der Waals surface area contributed by atoms with Crippen LogP contribution in [0.1, 0.15) is 66.5 Å². The highest BCUT2D eigenvalue weighted by atomic mass is 16.5. The van der Waals surface area contributed by atoms with Gasteiger partial charge in [0, 0.05) is 22.5 Å². The molecule has 0 radical (unpaired) electrons. The Hall–Kier alpha value is -1.26. The lowest BCUT2D eigenvalue weighted by atomic mass is 9.85. The van der Waals surface area contributed by atoms with Crippen LogP contribution in [0.2, 0.25) is 0 Å². The Balaban J connectivity index is 2.19. The summed E-state index contributed by atoms with van der Waals surface area (Å²) in [4.78, 5) is 0. The predicted octanol–water partition coefficient (Wildman–Crippen LogP) is 4.51. The number of hydrogen-bond acceptors (Lipinski definition) is 4. The van der Waals surface area contributed by atoms with Crippen molar-refractivity contribution in [2.75, 3.05) is 10.6 Å². The number of hydrogen-bond donors (Lipinski definition) is 2. The maximum absolute atomic E-state index is 6.22. The van der Waals surface area contributed by atoms with Crippen molar-refractivity contribution >= 4 is 11.4 Å². The molecule has 2 aliphatic rings. The number of benzene rings is 1. The fraction of sp³-hybridized carbons (Fsp3) is 0.667. The third kappa shape index (κ3) is 2.48. The molecule has 0 bridgehead atoms. The maximum atomic E-state index is 6.22. The molecule has 0 aliphatic carbocycles. The summed E-state index contributed by atoms with van der Waals surface area (Å²) >= 11 is 0. The minimum atomic E-state index is -0.388. The van der Waals surface area contributed by atoms with Gasteiger partial charge in [0.1, 0.15) is 11.4 Å². The highest BCUT2D eigenvalue weighted by Gasteiger charge is 2.43. The fourth-order valence-corrected chi connectivity index (χ4v) is 3.89. The molecule has 4 heteroatoms. The van der Waals surface area contributed by atoms with E-state index >= 15 is 0 Å². The van der Waals surface area contributed by atoms with E-state index in [0.717, 1.165) is 11.4 Å². The Bertz CT molecular complexity index is 579. The van der Waals surface area contributed by atoms with E-state index in [4.69, 9.17) is 9.47 Å². The fourth-order valence-electron chi connectivity index (χ4n) is 3.89. The summed E-state index contributed by atoms with van der Waals surface area (Å²) < 4.78 is 12.4. The lowest BCUT2D eigenvalue weighted by Crippen LogP contribution is -2.48. The second kappa shape index (κ2) is 4.18. The van der Waals surface area contributed by atoms with E-state index in [-0.39, 0.29) is 22.7 Å². The molecule has 0 amide bonds. The Morgan fingerprint density at radius 3 is 1.36 bits per heavy atom. The monoisotopic (exact) mass is 304 g/mol. The van der Waals surface area contributed by atoms with Crippen molar-refractivity contribution in [3.63, 3.8) is 0 Å². The highest BCUT2D eigenvalue weighted by Crippen LogP contribution is 2.48. The summed E-state index contributed by atoms with van der Waals surface area (Å²) in [6, 6.07) is 4.41. The standard InChI is InChI=1S/C18H28N2O2/c1-15(2)11-9-12-14(10-13(11)19-17(5,6)21-15)20-18(7,8)22-16(12,3)4/h9-10,19-20H,1-8H3. The average molecular weight is 304 g/mol. The molecule has 1 aromatic carbocycles. The highest BCUT2D eigenvalue weighted by molar-refractivity contribution is 5.70. The topological polar surface area (TPSA) is 42.5 Å². The van der Waals surface area contributed by atoms with Crippen molar-refractivity contribution in [1.82, 2.24) is 0 Å². The van der Waals surface area contributed by atoms with Gasteiger partial charge in [-0.1, -0.05) is 0 Å². The van der Waals surface area contributed by atoms with Gasteiger partial charge in [0.15, 0.2) is 0 Å². The molecule has 2 aliphatic heterocycles. The average Bonchev–Trinajstić information content (AvgIpc) is 2.20. The number of ether oxygens (including phenoxy) is 2. The van der Waals surface area contributed by atoms with Crippen LogP contribution in [-0.2, 0) is 20.7 Å². The lowest BCUT2D eigenvalue weighted by Gasteiger charge is -2.48. The van der Waals surface area contributed by atoms with Crippen molar-refractivity contribution in [3.8, 4) is 0 Å². The van der Waals surface area contributed by atoms with E-state index in [1.807, 2.05) is 0 Å². The van der Waals surface area contributed by atoms with Gasteiger partial charge in [-0.25, -0.2) is 0 Å². The zero-order valence-corrected chi connectivity index (χ0v) is 15.0. The van der Waals surface area contributed by atoms with E-state index in [2.05, 4.69) is 78.2 Å². The van der Waals surface area contributed by atoms with Gasteiger partial charge in [-0.15, -0.1) is 0 Å². The van der Waals surface area contributed by atoms with E-state index in [0.29, 0.717) is 0 Å². The number of fused-ring (bicyclic) bond motifs is 2. The van der Waals surface area contributed by atoms with Crippen LogP contribution in [0.4, 0.5) is 11.4 Å². The normalized spacial score (nSPS) is 26.2.